The van der Waals surface area contributed by atoms with E-state index in [1.807, 2.05) is 62.4 Å². The molecule has 0 atom stereocenters. The number of carbonyl (C=O) groups is 1. The predicted molar refractivity (Wildman–Crippen MR) is 134 cm³/mol. The first-order valence-electron chi connectivity index (χ1n) is 11.7. The van der Waals surface area contributed by atoms with Crippen molar-refractivity contribution in [2.75, 3.05) is 27.5 Å². The minimum absolute atomic E-state index is 0.0881. The molecular weight excluding hydrogens is 442 g/mol. The van der Waals surface area contributed by atoms with Gasteiger partial charge in [-0.2, -0.15) is 0 Å². The summed E-state index contributed by atoms with van der Waals surface area (Å²) in [5.41, 5.74) is 5.72. The van der Waals surface area contributed by atoms with Crippen LogP contribution in [0.25, 0.3) is 6.08 Å². The monoisotopic (exact) mass is 471 g/mol. The Balaban J connectivity index is 1.33. The van der Waals surface area contributed by atoms with Crippen LogP contribution in [-0.2, 0) is 13.0 Å². The number of methoxy groups -OCH3 is 2. The van der Waals surface area contributed by atoms with E-state index in [0.29, 0.717) is 30.3 Å². The Morgan fingerprint density at radius 2 is 1.83 bits per heavy atom. The van der Waals surface area contributed by atoms with Gasteiger partial charge in [-0.3, -0.25) is 9.69 Å². The molecule has 0 amide bonds. The molecule has 180 valence electrons. The molecule has 3 aromatic carbocycles. The largest absolute Gasteiger partial charge is 0.493 e. The molecule has 2 aliphatic rings. The topological polar surface area (TPSA) is 57.2 Å². The molecule has 0 unspecified atom stereocenters. The Morgan fingerprint density at radius 1 is 1.00 bits per heavy atom. The van der Waals surface area contributed by atoms with E-state index < -0.39 is 0 Å². The van der Waals surface area contributed by atoms with Crippen molar-refractivity contribution in [1.29, 1.82) is 0 Å². The fourth-order valence-electron chi connectivity index (χ4n) is 4.67. The average molecular weight is 472 g/mol. The van der Waals surface area contributed by atoms with Crippen LogP contribution in [0.1, 0.15) is 38.2 Å². The lowest BCUT2D eigenvalue weighted by Crippen LogP contribution is -2.34. The number of rotatable bonds is 6. The maximum Gasteiger partial charge on any atom is 0.231 e. The molecule has 6 heteroatoms. The standard InChI is InChI=1S/C29H29NO5/c1-18-6-5-7-21(12-18)14-26-27(31)23-15-22-16-30(17-34-28(22)19(2)29(23)35-26)11-10-20-8-9-24(32-3)25(13-20)33-4/h5-9,12-15H,10-11,16-17H2,1-4H3/b26-14-. The van der Waals surface area contributed by atoms with Crippen LogP contribution in [0.5, 0.6) is 23.0 Å². The summed E-state index contributed by atoms with van der Waals surface area (Å²) in [4.78, 5) is 15.4. The summed E-state index contributed by atoms with van der Waals surface area (Å²) in [5.74, 6) is 3.13. The van der Waals surface area contributed by atoms with Gasteiger partial charge in [0.2, 0.25) is 5.78 Å². The van der Waals surface area contributed by atoms with Gasteiger partial charge >= 0.3 is 0 Å². The van der Waals surface area contributed by atoms with E-state index in [-0.39, 0.29) is 5.78 Å². The van der Waals surface area contributed by atoms with Crippen molar-refractivity contribution in [1.82, 2.24) is 4.90 Å². The minimum atomic E-state index is -0.0881. The predicted octanol–water partition coefficient (Wildman–Crippen LogP) is 5.33. The molecule has 2 heterocycles. The maximum absolute atomic E-state index is 13.2. The van der Waals surface area contributed by atoms with Gasteiger partial charge in [-0.05, 0) is 55.7 Å². The second-order valence-electron chi connectivity index (χ2n) is 8.99. The molecule has 35 heavy (non-hydrogen) atoms. The van der Waals surface area contributed by atoms with Gasteiger partial charge in [0.15, 0.2) is 17.3 Å². The van der Waals surface area contributed by atoms with Crippen LogP contribution in [0.3, 0.4) is 0 Å². The highest BCUT2D eigenvalue weighted by atomic mass is 16.5. The van der Waals surface area contributed by atoms with Gasteiger partial charge in [0.25, 0.3) is 0 Å². The highest BCUT2D eigenvalue weighted by Gasteiger charge is 2.33. The molecular formula is C29H29NO5. The molecule has 6 nitrogen and oxygen atoms in total. The summed E-state index contributed by atoms with van der Waals surface area (Å²) in [5, 5.41) is 0. The Hall–Kier alpha value is -3.77. The zero-order valence-corrected chi connectivity index (χ0v) is 20.5. The maximum atomic E-state index is 13.2. The van der Waals surface area contributed by atoms with Crippen molar-refractivity contribution in [3.05, 3.63) is 87.7 Å². The fourth-order valence-corrected chi connectivity index (χ4v) is 4.67. The van der Waals surface area contributed by atoms with Gasteiger partial charge < -0.3 is 18.9 Å². The Labute approximate surface area is 205 Å². The number of ketones is 1. The molecule has 0 saturated heterocycles. The van der Waals surface area contributed by atoms with Crippen molar-refractivity contribution in [2.45, 2.75) is 26.8 Å². The van der Waals surface area contributed by atoms with E-state index in [1.54, 1.807) is 14.2 Å². The molecule has 0 radical (unpaired) electrons. The summed E-state index contributed by atoms with van der Waals surface area (Å²) >= 11 is 0. The van der Waals surface area contributed by atoms with Gasteiger partial charge in [0.1, 0.15) is 18.2 Å². The summed E-state index contributed by atoms with van der Waals surface area (Å²) < 4.78 is 22.9. The summed E-state index contributed by atoms with van der Waals surface area (Å²) in [7, 11) is 3.28. The van der Waals surface area contributed by atoms with E-state index in [1.165, 1.54) is 0 Å². The summed E-state index contributed by atoms with van der Waals surface area (Å²) in [6, 6.07) is 15.9. The van der Waals surface area contributed by atoms with E-state index in [2.05, 4.69) is 11.0 Å². The number of fused-ring (bicyclic) bond motifs is 2. The van der Waals surface area contributed by atoms with E-state index in [9.17, 15) is 4.79 Å². The number of hydrogen-bond donors (Lipinski definition) is 0. The highest BCUT2D eigenvalue weighted by molar-refractivity contribution is 6.15. The number of hydrogen-bond acceptors (Lipinski definition) is 6. The van der Waals surface area contributed by atoms with Crippen molar-refractivity contribution >= 4 is 11.9 Å². The number of aryl methyl sites for hydroxylation is 1. The molecule has 0 bridgehead atoms. The SMILES string of the molecule is COc1ccc(CCN2COc3c(cc4c(c3C)O/C(=C\c3cccc(C)c3)C4=O)C2)cc1OC. The minimum Gasteiger partial charge on any atom is -0.493 e. The van der Waals surface area contributed by atoms with Gasteiger partial charge in [-0.25, -0.2) is 0 Å². The van der Waals surface area contributed by atoms with E-state index in [4.69, 9.17) is 18.9 Å². The first-order chi connectivity index (χ1) is 17.0. The Bertz CT molecular complexity index is 1330. The van der Waals surface area contributed by atoms with Crippen LogP contribution in [-0.4, -0.2) is 38.2 Å². The number of carbonyl (C=O) groups excluding carboxylic acids is 1. The lowest BCUT2D eigenvalue weighted by atomic mass is 9.99. The normalized spacial score (nSPS) is 15.9. The second kappa shape index (κ2) is 9.47. The molecule has 0 aromatic heterocycles. The smallest absolute Gasteiger partial charge is 0.231 e. The third-order valence-electron chi connectivity index (χ3n) is 6.51. The van der Waals surface area contributed by atoms with Crippen LogP contribution in [0.4, 0.5) is 0 Å². The van der Waals surface area contributed by atoms with Crippen LogP contribution in [0.15, 0.2) is 54.3 Å². The molecule has 3 aromatic rings. The zero-order valence-electron chi connectivity index (χ0n) is 20.5. The first kappa shape index (κ1) is 23.0. The number of Topliss-reactive ketones (excluding diaryl/α,β-unsaturated/α-hetero) is 1. The molecule has 2 aliphatic heterocycles. The second-order valence-corrected chi connectivity index (χ2v) is 8.99. The summed E-state index contributed by atoms with van der Waals surface area (Å²) in [6.45, 7) is 6.00. The molecule has 0 saturated carbocycles. The molecule has 0 aliphatic carbocycles. The van der Waals surface area contributed by atoms with Gasteiger partial charge in [-0.1, -0.05) is 35.9 Å². The van der Waals surface area contributed by atoms with Gasteiger partial charge in [-0.15, -0.1) is 0 Å². The third-order valence-corrected chi connectivity index (χ3v) is 6.51. The zero-order chi connectivity index (χ0) is 24.5. The van der Waals surface area contributed by atoms with Crippen LogP contribution in [0.2, 0.25) is 0 Å². The third kappa shape index (κ3) is 4.49. The highest BCUT2D eigenvalue weighted by Crippen LogP contribution is 2.43. The van der Waals surface area contributed by atoms with Crippen molar-refractivity contribution < 1.29 is 23.7 Å². The summed E-state index contributed by atoms with van der Waals surface area (Å²) in [6.07, 6.45) is 2.65. The van der Waals surface area contributed by atoms with Crippen LogP contribution >= 0.6 is 0 Å². The number of benzene rings is 3. The Morgan fingerprint density at radius 3 is 2.60 bits per heavy atom. The van der Waals surface area contributed by atoms with Gasteiger partial charge in [0.05, 0.1) is 19.8 Å². The average Bonchev–Trinajstić information content (AvgIpc) is 3.17. The lowest BCUT2D eigenvalue weighted by Gasteiger charge is -2.30. The first-order valence-corrected chi connectivity index (χ1v) is 11.7. The number of allylic oxidation sites excluding steroid dienone is 1. The molecule has 0 N–H and O–H groups in total. The number of nitrogens with zero attached hydrogens (tertiary/aromatic N) is 1. The van der Waals surface area contributed by atoms with Gasteiger partial charge in [0, 0.05) is 24.2 Å². The van der Waals surface area contributed by atoms with Crippen molar-refractivity contribution in [2.24, 2.45) is 0 Å². The Kier molecular flexibility index (Phi) is 6.22. The van der Waals surface area contributed by atoms with Crippen molar-refractivity contribution in [3.63, 3.8) is 0 Å². The molecule has 0 fully saturated rings. The molecule has 0 spiro atoms. The van der Waals surface area contributed by atoms with E-state index >= 15 is 0 Å². The van der Waals surface area contributed by atoms with E-state index in [0.717, 1.165) is 58.0 Å². The number of ether oxygens (including phenoxy) is 4. The quantitative estimate of drug-likeness (QED) is 0.453. The van der Waals surface area contributed by atoms with Crippen LogP contribution in [0, 0.1) is 13.8 Å². The molecule has 5 rings (SSSR count). The van der Waals surface area contributed by atoms with Crippen molar-refractivity contribution in [3.8, 4) is 23.0 Å². The fraction of sp³-hybridized carbons (Fsp3) is 0.276. The van der Waals surface area contributed by atoms with Crippen LogP contribution < -0.4 is 18.9 Å². The lowest BCUT2D eigenvalue weighted by molar-refractivity contribution is 0.0953.